The van der Waals surface area contributed by atoms with Gasteiger partial charge in [0.2, 0.25) is 0 Å². The zero-order valence-corrected chi connectivity index (χ0v) is 10.9. The van der Waals surface area contributed by atoms with Gasteiger partial charge in [0.05, 0.1) is 5.54 Å². The summed E-state index contributed by atoms with van der Waals surface area (Å²) in [6.07, 6.45) is 0. The van der Waals surface area contributed by atoms with Crippen LogP contribution >= 0.6 is 0 Å². The Morgan fingerprint density at radius 3 is 2.13 bits per heavy atom. The summed E-state index contributed by atoms with van der Waals surface area (Å²) in [5.74, 6) is 1.66. The molecule has 0 spiro atoms. The van der Waals surface area contributed by atoms with Crippen molar-refractivity contribution in [1.29, 1.82) is 0 Å². The maximum absolute atomic E-state index is 5.49. The van der Waals surface area contributed by atoms with E-state index in [0.29, 0.717) is 6.04 Å². The molecular weight excluding hydrogens is 188 g/mol. The molecule has 1 aromatic rings. The third-order valence-corrected chi connectivity index (χ3v) is 3.14. The Balaban J connectivity index is 3.10. The summed E-state index contributed by atoms with van der Waals surface area (Å²) >= 11 is 0. The number of rotatable bonds is 3. The summed E-state index contributed by atoms with van der Waals surface area (Å²) < 4.78 is 5.49. The van der Waals surface area contributed by atoms with Gasteiger partial charge in [0.25, 0.3) is 0 Å². The van der Waals surface area contributed by atoms with Crippen LogP contribution in [0.15, 0.2) is 4.42 Å². The lowest BCUT2D eigenvalue weighted by atomic mass is 9.96. The van der Waals surface area contributed by atoms with Gasteiger partial charge in [0.1, 0.15) is 11.5 Å². The monoisotopic (exact) mass is 210 g/mol. The number of nitrogens with zero attached hydrogens (tertiary/aromatic N) is 2. The molecule has 3 heteroatoms. The van der Waals surface area contributed by atoms with Crippen molar-refractivity contribution in [1.82, 2.24) is 9.88 Å². The van der Waals surface area contributed by atoms with Crippen LogP contribution in [0.5, 0.6) is 0 Å². The molecule has 1 rings (SSSR count). The van der Waals surface area contributed by atoms with Crippen molar-refractivity contribution in [2.24, 2.45) is 0 Å². The van der Waals surface area contributed by atoms with Crippen molar-refractivity contribution in [2.45, 2.75) is 53.1 Å². The normalized spacial score (nSPS) is 12.9. The van der Waals surface area contributed by atoms with Gasteiger partial charge in [0, 0.05) is 13.0 Å². The van der Waals surface area contributed by atoms with Crippen molar-refractivity contribution in [2.75, 3.05) is 7.05 Å². The van der Waals surface area contributed by atoms with E-state index in [4.69, 9.17) is 4.42 Å². The van der Waals surface area contributed by atoms with Gasteiger partial charge in [-0.25, -0.2) is 4.98 Å². The molecule has 0 N–H and O–H groups in total. The van der Waals surface area contributed by atoms with Gasteiger partial charge < -0.3 is 4.42 Å². The van der Waals surface area contributed by atoms with Gasteiger partial charge in [-0.3, -0.25) is 4.90 Å². The highest BCUT2D eigenvalue weighted by atomic mass is 16.4. The second-order valence-electron chi connectivity index (χ2n) is 4.90. The molecule has 0 aromatic carbocycles. The van der Waals surface area contributed by atoms with Crippen LogP contribution in [0.25, 0.3) is 0 Å². The van der Waals surface area contributed by atoms with Crippen LogP contribution in [0.2, 0.25) is 0 Å². The maximum Gasteiger partial charge on any atom is 0.191 e. The summed E-state index contributed by atoms with van der Waals surface area (Å²) in [6.45, 7) is 12.6. The molecule has 0 unspecified atom stereocenters. The molecule has 0 saturated carbocycles. The van der Waals surface area contributed by atoms with Gasteiger partial charge in [-0.2, -0.15) is 0 Å². The van der Waals surface area contributed by atoms with Crippen LogP contribution in [-0.2, 0) is 5.54 Å². The summed E-state index contributed by atoms with van der Waals surface area (Å²) in [4.78, 5) is 6.78. The van der Waals surface area contributed by atoms with Crippen LogP contribution < -0.4 is 0 Å². The van der Waals surface area contributed by atoms with E-state index in [1.807, 2.05) is 13.8 Å². The maximum atomic E-state index is 5.49. The van der Waals surface area contributed by atoms with Gasteiger partial charge in [-0.15, -0.1) is 0 Å². The first-order valence-corrected chi connectivity index (χ1v) is 5.44. The molecule has 0 aliphatic carbocycles. The average Bonchev–Trinajstić information content (AvgIpc) is 2.44. The van der Waals surface area contributed by atoms with E-state index in [9.17, 15) is 0 Å². The Labute approximate surface area is 92.5 Å². The summed E-state index contributed by atoms with van der Waals surface area (Å²) in [5, 5.41) is 0. The Morgan fingerprint density at radius 2 is 1.80 bits per heavy atom. The van der Waals surface area contributed by atoms with Crippen molar-refractivity contribution < 1.29 is 4.42 Å². The molecule has 0 amide bonds. The predicted octanol–water partition coefficient (Wildman–Crippen LogP) is 2.87. The molecule has 0 fully saturated rings. The van der Waals surface area contributed by atoms with Crippen molar-refractivity contribution >= 4 is 0 Å². The number of hydrogen-bond donors (Lipinski definition) is 0. The van der Waals surface area contributed by atoms with E-state index in [-0.39, 0.29) is 5.54 Å². The van der Waals surface area contributed by atoms with Crippen molar-refractivity contribution in [3.63, 3.8) is 0 Å². The zero-order valence-electron chi connectivity index (χ0n) is 10.9. The first-order chi connectivity index (χ1) is 6.76. The van der Waals surface area contributed by atoms with Gasteiger partial charge >= 0.3 is 0 Å². The van der Waals surface area contributed by atoms with Gasteiger partial charge in [-0.1, -0.05) is 0 Å². The molecule has 0 bridgehead atoms. The van der Waals surface area contributed by atoms with Crippen LogP contribution in [0.3, 0.4) is 0 Å². The minimum absolute atomic E-state index is 0.0873. The standard InChI is InChI=1S/C12H22N2O/c1-8(2)14(7)12(5,6)11-9(3)15-10(4)13-11/h8H,1-7H3. The fraction of sp³-hybridized carbons (Fsp3) is 0.750. The molecule has 0 saturated heterocycles. The Bertz CT molecular complexity index is 339. The zero-order chi connectivity index (χ0) is 11.8. The summed E-state index contributed by atoms with van der Waals surface area (Å²) in [7, 11) is 2.12. The van der Waals surface area contributed by atoms with Gasteiger partial charge in [-0.05, 0) is 41.7 Å². The third-order valence-electron chi connectivity index (χ3n) is 3.14. The largest absolute Gasteiger partial charge is 0.446 e. The molecule has 86 valence electrons. The fourth-order valence-electron chi connectivity index (χ4n) is 1.91. The quantitative estimate of drug-likeness (QED) is 0.768. The lowest BCUT2D eigenvalue weighted by molar-refractivity contribution is 0.113. The molecule has 0 atom stereocenters. The third kappa shape index (κ3) is 2.23. The molecule has 0 radical (unpaired) electrons. The molecule has 0 aliphatic rings. The lowest BCUT2D eigenvalue weighted by Gasteiger charge is -2.37. The smallest absolute Gasteiger partial charge is 0.191 e. The first kappa shape index (κ1) is 12.2. The highest BCUT2D eigenvalue weighted by molar-refractivity contribution is 5.17. The minimum atomic E-state index is -0.0873. The fourth-order valence-corrected chi connectivity index (χ4v) is 1.91. The molecule has 15 heavy (non-hydrogen) atoms. The molecule has 1 heterocycles. The number of hydrogen-bond acceptors (Lipinski definition) is 3. The van der Waals surface area contributed by atoms with E-state index in [1.165, 1.54) is 0 Å². The SMILES string of the molecule is Cc1nc(C(C)(C)N(C)C(C)C)c(C)o1. The van der Waals surface area contributed by atoms with E-state index in [1.54, 1.807) is 0 Å². The van der Waals surface area contributed by atoms with E-state index in [2.05, 4.69) is 44.6 Å². The predicted molar refractivity (Wildman–Crippen MR) is 61.9 cm³/mol. The van der Waals surface area contributed by atoms with Crippen LogP contribution in [0.4, 0.5) is 0 Å². The first-order valence-electron chi connectivity index (χ1n) is 5.44. The second kappa shape index (κ2) is 3.97. The molecule has 3 nitrogen and oxygen atoms in total. The summed E-state index contributed by atoms with van der Waals surface area (Å²) in [6, 6.07) is 0.483. The second-order valence-corrected chi connectivity index (χ2v) is 4.90. The van der Waals surface area contributed by atoms with Crippen molar-refractivity contribution in [3.8, 4) is 0 Å². The molecule has 0 aliphatic heterocycles. The van der Waals surface area contributed by atoms with E-state index in [0.717, 1.165) is 17.3 Å². The molecular formula is C12H22N2O. The van der Waals surface area contributed by atoms with Crippen LogP contribution in [0, 0.1) is 13.8 Å². The average molecular weight is 210 g/mol. The topological polar surface area (TPSA) is 29.3 Å². The number of aromatic nitrogens is 1. The van der Waals surface area contributed by atoms with E-state index >= 15 is 0 Å². The summed E-state index contributed by atoms with van der Waals surface area (Å²) in [5.41, 5.74) is 0.951. The van der Waals surface area contributed by atoms with Crippen LogP contribution in [0.1, 0.15) is 45.0 Å². The highest BCUT2D eigenvalue weighted by Gasteiger charge is 2.32. The van der Waals surface area contributed by atoms with Crippen molar-refractivity contribution in [3.05, 3.63) is 17.3 Å². The Morgan fingerprint density at radius 1 is 1.27 bits per heavy atom. The Hall–Kier alpha value is -0.830. The Kier molecular flexibility index (Phi) is 3.24. The van der Waals surface area contributed by atoms with Gasteiger partial charge in [0.15, 0.2) is 5.89 Å². The number of oxazole rings is 1. The van der Waals surface area contributed by atoms with Crippen LogP contribution in [-0.4, -0.2) is 23.0 Å². The number of aryl methyl sites for hydroxylation is 2. The highest BCUT2D eigenvalue weighted by Crippen LogP contribution is 2.30. The minimum Gasteiger partial charge on any atom is -0.446 e. The molecule has 1 aromatic heterocycles. The lowest BCUT2D eigenvalue weighted by Crippen LogP contribution is -2.43. The van der Waals surface area contributed by atoms with E-state index < -0.39 is 0 Å².